The number of halogens is 3. The van der Waals surface area contributed by atoms with E-state index in [4.69, 9.17) is 9.05 Å². The standard InChI is InChI=1S/C28H44F3O4P/c1-17(2)21-13-11-19(5)15-25(21)34-36(33,35-26-16-20(6)12-14-22(26)18(3)4)27(32)23-9-7-8-10-24(23)28(29,30)31/h7-10,17-22,25-27,32H,11-16H2,1-6H3/t19-,20-,21-,22+,25-,26-,27+,36?/m1/s1. The predicted octanol–water partition coefficient (Wildman–Crippen LogP) is 8.84. The Hall–Kier alpha value is -0.880. The van der Waals surface area contributed by atoms with E-state index in [-0.39, 0.29) is 23.7 Å². The van der Waals surface area contributed by atoms with Crippen LogP contribution in [0.15, 0.2) is 24.3 Å². The molecule has 206 valence electrons. The number of aliphatic hydroxyl groups is 1. The van der Waals surface area contributed by atoms with Crippen LogP contribution in [0.4, 0.5) is 13.2 Å². The number of alkyl halides is 3. The second-order valence-electron chi connectivity index (χ2n) is 11.9. The molecule has 0 spiro atoms. The molecular formula is C28H44F3O4P. The molecule has 2 saturated carbocycles. The molecule has 0 bridgehead atoms. The van der Waals surface area contributed by atoms with Crippen molar-refractivity contribution >= 4 is 7.60 Å². The van der Waals surface area contributed by atoms with E-state index in [9.17, 15) is 22.8 Å². The van der Waals surface area contributed by atoms with Gasteiger partial charge in [0, 0.05) is 5.56 Å². The van der Waals surface area contributed by atoms with Gasteiger partial charge in [-0.1, -0.05) is 72.6 Å². The van der Waals surface area contributed by atoms with Gasteiger partial charge >= 0.3 is 13.8 Å². The van der Waals surface area contributed by atoms with Crippen LogP contribution in [0.1, 0.15) is 97.0 Å². The number of hydrogen-bond acceptors (Lipinski definition) is 4. The van der Waals surface area contributed by atoms with Crippen molar-refractivity contribution < 1.29 is 31.9 Å². The minimum Gasteiger partial charge on any atom is -0.376 e. The molecule has 1 N–H and O–H groups in total. The monoisotopic (exact) mass is 532 g/mol. The summed E-state index contributed by atoms with van der Waals surface area (Å²) in [6.45, 7) is 12.5. The fraction of sp³-hybridized carbons (Fsp3) is 0.786. The van der Waals surface area contributed by atoms with Crippen LogP contribution in [0.5, 0.6) is 0 Å². The topological polar surface area (TPSA) is 55.8 Å². The van der Waals surface area contributed by atoms with Crippen molar-refractivity contribution in [2.75, 3.05) is 0 Å². The first-order valence-electron chi connectivity index (χ1n) is 13.5. The van der Waals surface area contributed by atoms with E-state index in [0.29, 0.717) is 24.7 Å². The van der Waals surface area contributed by atoms with E-state index in [0.717, 1.165) is 31.7 Å². The van der Waals surface area contributed by atoms with Gasteiger partial charge in [0.1, 0.15) is 0 Å². The quantitative estimate of drug-likeness (QED) is 0.340. The van der Waals surface area contributed by atoms with Gasteiger partial charge in [-0.2, -0.15) is 13.2 Å². The van der Waals surface area contributed by atoms with E-state index >= 15 is 0 Å². The van der Waals surface area contributed by atoms with Gasteiger partial charge in [-0.3, -0.25) is 4.57 Å². The minimum atomic E-state index is -4.71. The Bertz CT molecular complexity index is 865. The summed E-state index contributed by atoms with van der Waals surface area (Å²) in [4.78, 5) is 0. The Labute approximate surface area is 214 Å². The Balaban J connectivity index is 2.04. The summed E-state index contributed by atoms with van der Waals surface area (Å²) in [6, 6.07) is 4.76. The molecule has 0 radical (unpaired) electrons. The fourth-order valence-electron chi connectivity index (χ4n) is 6.14. The molecule has 3 rings (SSSR count). The molecule has 0 aromatic heterocycles. The molecule has 4 nitrogen and oxygen atoms in total. The van der Waals surface area contributed by atoms with Gasteiger partial charge in [0.25, 0.3) is 0 Å². The van der Waals surface area contributed by atoms with E-state index in [1.54, 1.807) is 0 Å². The van der Waals surface area contributed by atoms with Crippen LogP contribution in [-0.4, -0.2) is 17.3 Å². The predicted molar refractivity (Wildman–Crippen MR) is 136 cm³/mol. The normalized spacial score (nSPS) is 32.4. The molecule has 2 aliphatic carbocycles. The van der Waals surface area contributed by atoms with Crippen molar-refractivity contribution in [3.8, 4) is 0 Å². The molecule has 1 unspecified atom stereocenters. The van der Waals surface area contributed by atoms with E-state index in [2.05, 4.69) is 41.5 Å². The molecular weight excluding hydrogens is 488 g/mol. The highest BCUT2D eigenvalue weighted by molar-refractivity contribution is 7.54. The van der Waals surface area contributed by atoms with Crippen LogP contribution in [0.3, 0.4) is 0 Å². The molecule has 0 amide bonds. The van der Waals surface area contributed by atoms with Crippen LogP contribution in [-0.2, 0) is 19.8 Å². The maximum absolute atomic E-state index is 14.6. The van der Waals surface area contributed by atoms with Gasteiger partial charge in [-0.05, 0) is 67.3 Å². The van der Waals surface area contributed by atoms with Crippen LogP contribution < -0.4 is 0 Å². The van der Waals surface area contributed by atoms with Crippen molar-refractivity contribution in [1.82, 2.24) is 0 Å². The van der Waals surface area contributed by atoms with E-state index in [1.165, 1.54) is 18.2 Å². The van der Waals surface area contributed by atoms with Gasteiger partial charge in [-0.15, -0.1) is 0 Å². The van der Waals surface area contributed by atoms with Crippen molar-refractivity contribution in [1.29, 1.82) is 0 Å². The average molecular weight is 533 g/mol. The third-order valence-electron chi connectivity index (χ3n) is 8.33. The summed E-state index contributed by atoms with van der Waals surface area (Å²) in [7, 11) is -4.42. The second kappa shape index (κ2) is 11.9. The lowest BCUT2D eigenvalue weighted by Gasteiger charge is -2.42. The maximum atomic E-state index is 14.6. The third kappa shape index (κ3) is 6.95. The average Bonchev–Trinajstić information content (AvgIpc) is 2.77. The summed E-state index contributed by atoms with van der Waals surface area (Å²) in [5.74, 6) is -0.691. The van der Waals surface area contributed by atoms with E-state index < -0.39 is 43.0 Å². The number of aliphatic hydroxyl groups excluding tert-OH is 1. The highest BCUT2D eigenvalue weighted by Crippen LogP contribution is 2.65. The zero-order chi connectivity index (χ0) is 26.8. The largest absolute Gasteiger partial charge is 0.416 e. The van der Waals surface area contributed by atoms with Gasteiger partial charge in [0.05, 0.1) is 17.8 Å². The Kier molecular flexibility index (Phi) is 9.80. The smallest absolute Gasteiger partial charge is 0.376 e. The van der Waals surface area contributed by atoms with Crippen LogP contribution in [0.25, 0.3) is 0 Å². The molecule has 8 heteroatoms. The highest BCUT2D eigenvalue weighted by atomic mass is 31.2. The third-order valence-corrected chi connectivity index (χ3v) is 10.3. The molecule has 1 aromatic carbocycles. The van der Waals surface area contributed by atoms with Crippen molar-refractivity contribution in [3.63, 3.8) is 0 Å². The van der Waals surface area contributed by atoms with Crippen LogP contribution >= 0.6 is 7.60 Å². The first-order chi connectivity index (χ1) is 16.7. The zero-order valence-corrected chi connectivity index (χ0v) is 23.4. The van der Waals surface area contributed by atoms with Gasteiger partial charge < -0.3 is 14.2 Å². The first kappa shape index (κ1) is 29.7. The summed E-state index contributed by atoms with van der Waals surface area (Å²) >= 11 is 0. The lowest BCUT2D eigenvalue weighted by Crippen LogP contribution is -2.37. The Morgan fingerprint density at radius 1 is 0.861 bits per heavy atom. The Morgan fingerprint density at radius 3 is 1.72 bits per heavy atom. The second-order valence-corrected chi connectivity index (χ2v) is 13.9. The molecule has 2 aliphatic rings. The van der Waals surface area contributed by atoms with Crippen LogP contribution in [0, 0.1) is 35.5 Å². The van der Waals surface area contributed by atoms with E-state index in [1.807, 2.05) is 0 Å². The minimum absolute atomic E-state index is 0.0920. The molecule has 8 atom stereocenters. The molecule has 36 heavy (non-hydrogen) atoms. The molecule has 1 aromatic rings. The number of rotatable bonds is 8. The lowest BCUT2D eigenvalue weighted by molar-refractivity contribution is -0.138. The van der Waals surface area contributed by atoms with Crippen molar-refractivity contribution in [2.24, 2.45) is 35.5 Å². The molecule has 0 heterocycles. The summed E-state index contributed by atoms with van der Waals surface area (Å²) < 4.78 is 68.8. The maximum Gasteiger partial charge on any atom is 0.416 e. The summed E-state index contributed by atoms with van der Waals surface area (Å²) in [5.41, 5.74) is -1.47. The number of benzene rings is 1. The highest BCUT2D eigenvalue weighted by Gasteiger charge is 2.48. The zero-order valence-electron chi connectivity index (χ0n) is 22.5. The number of hydrogen-bond donors (Lipinski definition) is 1. The van der Waals surface area contributed by atoms with Gasteiger partial charge in [0.15, 0.2) is 5.85 Å². The summed E-state index contributed by atoms with van der Waals surface area (Å²) in [6.07, 6.45) is -0.538. The molecule has 2 fully saturated rings. The van der Waals surface area contributed by atoms with Crippen molar-refractivity contribution in [2.45, 2.75) is 104 Å². The molecule has 0 aliphatic heterocycles. The lowest BCUT2D eigenvalue weighted by atomic mass is 9.75. The summed E-state index contributed by atoms with van der Waals surface area (Å²) in [5, 5.41) is 11.4. The van der Waals surface area contributed by atoms with Gasteiger partial charge in [0.2, 0.25) is 0 Å². The fourth-order valence-corrected chi connectivity index (χ4v) is 8.23. The SMILES string of the molecule is CC(C)[C@H]1CC[C@@H](C)C[C@H]1OP(=O)(O[C@@H]1C[C@H](C)CC[C@H]1C(C)C)[C@H](O)c1ccccc1C(F)(F)F. The van der Waals surface area contributed by atoms with Crippen LogP contribution in [0.2, 0.25) is 0 Å². The van der Waals surface area contributed by atoms with Crippen molar-refractivity contribution in [3.05, 3.63) is 35.4 Å². The molecule has 0 saturated heterocycles. The Morgan fingerprint density at radius 2 is 1.31 bits per heavy atom. The van der Waals surface area contributed by atoms with Gasteiger partial charge in [-0.25, -0.2) is 0 Å². The first-order valence-corrected chi connectivity index (χ1v) is 15.1.